The zero-order valence-electron chi connectivity index (χ0n) is 11.5. The molecule has 0 amide bonds. The number of hydrogen-bond donors (Lipinski definition) is 0. The summed E-state index contributed by atoms with van der Waals surface area (Å²) in [5.74, 6) is 7.24. The third kappa shape index (κ3) is 2.42. The van der Waals surface area contributed by atoms with Gasteiger partial charge in [0.25, 0.3) is 0 Å². The molecule has 0 nitrogen and oxygen atoms in total. The Morgan fingerprint density at radius 2 is 1.68 bits per heavy atom. The van der Waals surface area contributed by atoms with Gasteiger partial charge in [-0.1, -0.05) is 66.8 Å². The van der Waals surface area contributed by atoms with Crippen molar-refractivity contribution < 1.29 is 0 Å². The molecular formula is C19H18. The van der Waals surface area contributed by atoms with E-state index >= 15 is 0 Å². The van der Waals surface area contributed by atoms with E-state index in [9.17, 15) is 0 Å². The lowest BCUT2D eigenvalue weighted by Gasteiger charge is -2.08. The number of aryl methyl sites for hydroxylation is 1. The van der Waals surface area contributed by atoms with Crippen molar-refractivity contribution in [2.24, 2.45) is 5.92 Å². The first kappa shape index (κ1) is 12.1. The molecule has 2 aromatic rings. The molecule has 0 radical (unpaired) electrons. The minimum atomic E-state index is 0.263. The van der Waals surface area contributed by atoms with Gasteiger partial charge in [0.2, 0.25) is 0 Å². The summed E-state index contributed by atoms with van der Waals surface area (Å²) < 4.78 is 0. The number of benzene rings is 2. The van der Waals surface area contributed by atoms with Gasteiger partial charge < -0.3 is 0 Å². The second-order valence-electron chi connectivity index (χ2n) is 5.68. The van der Waals surface area contributed by atoms with Crippen LogP contribution in [0.3, 0.4) is 0 Å². The normalized spacial score (nSPS) is 24.4. The summed E-state index contributed by atoms with van der Waals surface area (Å²) in [6, 6.07) is 19.2. The lowest BCUT2D eigenvalue weighted by atomic mass is 9.96. The van der Waals surface area contributed by atoms with Crippen LogP contribution in [0, 0.1) is 24.7 Å². The molecule has 0 aliphatic heterocycles. The second kappa shape index (κ2) is 4.59. The van der Waals surface area contributed by atoms with Gasteiger partial charge in [0.1, 0.15) is 0 Å². The van der Waals surface area contributed by atoms with Gasteiger partial charge in [-0.05, 0) is 31.0 Å². The van der Waals surface area contributed by atoms with Crippen molar-refractivity contribution in [1.29, 1.82) is 0 Å². The molecule has 94 valence electrons. The molecule has 1 aliphatic rings. The highest BCUT2D eigenvalue weighted by Gasteiger charge is 2.50. The van der Waals surface area contributed by atoms with Crippen LogP contribution < -0.4 is 0 Å². The van der Waals surface area contributed by atoms with E-state index in [1.54, 1.807) is 0 Å². The Hall–Kier alpha value is -2.00. The molecule has 2 atom stereocenters. The van der Waals surface area contributed by atoms with Gasteiger partial charge in [-0.3, -0.25) is 0 Å². The average molecular weight is 246 g/mol. The molecule has 0 aromatic heterocycles. The lowest BCUT2D eigenvalue weighted by Crippen LogP contribution is -2.02. The summed E-state index contributed by atoms with van der Waals surface area (Å²) in [6.45, 7) is 4.42. The Morgan fingerprint density at radius 3 is 2.37 bits per heavy atom. The highest BCUT2D eigenvalue weighted by Crippen LogP contribution is 2.53. The van der Waals surface area contributed by atoms with E-state index < -0.39 is 0 Å². The van der Waals surface area contributed by atoms with Crippen LogP contribution in [0.4, 0.5) is 0 Å². The summed E-state index contributed by atoms with van der Waals surface area (Å²) in [6.07, 6.45) is 1.18. The third-order valence-corrected chi connectivity index (χ3v) is 4.11. The maximum atomic E-state index is 3.43. The maximum Gasteiger partial charge on any atom is 0.0310 e. The summed E-state index contributed by atoms with van der Waals surface area (Å²) in [4.78, 5) is 0. The highest BCUT2D eigenvalue weighted by atomic mass is 14.5. The van der Waals surface area contributed by atoms with Crippen LogP contribution in [0.15, 0.2) is 54.6 Å². The summed E-state index contributed by atoms with van der Waals surface area (Å²) in [7, 11) is 0. The van der Waals surface area contributed by atoms with E-state index in [-0.39, 0.29) is 5.41 Å². The Balaban J connectivity index is 1.76. The van der Waals surface area contributed by atoms with Crippen LogP contribution in [0.5, 0.6) is 0 Å². The molecule has 19 heavy (non-hydrogen) atoms. The first-order valence-corrected chi connectivity index (χ1v) is 6.82. The Bertz CT molecular complexity index is 625. The van der Waals surface area contributed by atoms with Crippen molar-refractivity contribution in [3.05, 3.63) is 71.3 Å². The van der Waals surface area contributed by atoms with Crippen molar-refractivity contribution in [3.63, 3.8) is 0 Å². The monoisotopic (exact) mass is 246 g/mol. The average Bonchev–Trinajstić information content (AvgIpc) is 3.12. The maximum absolute atomic E-state index is 3.43. The summed E-state index contributed by atoms with van der Waals surface area (Å²) >= 11 is 0. The Morgan fingerprint density at radius 1 is 1.00 bits per heavy atom. The van der Waals surface area contributed by atoms with E-state index in [1.807, 2.05) is 0 Å². The molecule has 1 aliphatic carbocycles. The van der Waals surface area contributed by atoms with Crippen LogP contribution in [0.2, 0.25) is 0 Å². The van der Waals surface area contributed by atoms with Crippen molar-refractivity contribution in [3.8, 4) is 11.8 Å². The molecule has 0 saturated heterocycles. The molecule has 2 aromatic carbocycles. The molecule has 0 heterocycles. The summed E-state index contributed by atoms with van der Waals surface area (Å²) in [5, 5.41) is 0. The molecule has 1 saturated carbocycles. The fourth-order valence-corrected chi connectivity index (χ4v) is 2.52. The van der Waals surface area contributed by atoms with Crippen LogP contribution in [-0.2, 0) is 5.41 Å². The van der Waals surface area contributed by atoms with E-state index in [0.717, 1.165) is 5.56 Å². The fourth-order valence-electron chi connectivity index (χ4n) is 2.52. The standard InChI is InChI=1S/C19H18/c1-15-8-10-16(11-9-15)12-13-18-14-19(18,2)17-6-4-3-5-7-17/h3-11,18H,14H2,1-2H3/t18-,19+/m1/s1. The zero-order valence-corrected chi connectivity index (χ0v) is 11.5. The molecular weight excluding hydrogens is 228 g/mol. The van der Waals surface area contributed by atoms with Crippen molar-refractivity contribution >= 4 is 0 Å². The van der Waals surface area contributed by atoms with E-state index in [0.29, 0.717) is 5.92 Å². The van der Waals surface area contributed by atoms with Gasteiger partial charge in [-0.25, -0.2) is 0 Å². The second-order valence-corrected chi connectivity index (χ2v) is 5.68. The van der Waals surface area contributed by atoms with Gasteiger partial charge >= 0.3 is 0 Å². The van der Waals surface area contributed by atoms with Crippen molar-refractivity contribution in [2.45, 2.75) is 25.7 Å². The lowest BCUT2D eigenvalue weighted by molar-refractivity contribution is 0.746. The number of rotatable bonds is 1. The molecule has 3 rings (SSSR count). The van der Waals surface area contributed by atoms with Crippen LogP contribution >= 0.6 is 0 Å². The minimum Gasteiger partial charge on any atom is -0.0935 e. The largest absolute Gasteiger partial charge is 0.0935 e. The topological polar surface area (TPSA) is 0 Å². The minimum absolute atomic E-state index is 0.263. The van der Waals surface area contributed by atoms with E-state index in [2.05, 4.69) is 80.3 Å². The van der Waals surface area contributed by atoms with Crippen LogP contribution in [0.1, 0.15) is 30.0 Å². The van der Waals surface area contributed by atoms with E-state index in [4.69, 9.17) is 0 Å². The third-order valence-electron chi connectivity index (χ3n) is 4.11. The van der Waals surface area contributed by atoms with Gasteiger partial charge in [0, 0.05) is 16.9 Å². The quantitative estimate of drug-likeness (QED) is 0.657. The smallest absolute Gasteiger partial charge is 0.0310 e. The zero-order chi connectivity index (χ0) is 13.3. The molecule has 0 heteroatoms. The summed E-state index contributed by atoms with van der Waals surface area (Å²) in [5.41, 5.74) is 4.08. The molecule has 0 N–H and O–H groups in total. The molecule has 0 bridgehead atoms. The van der Waals surface area contributed by atoms with Gasteiger partial charge in [0.15, 0.2) is 0 Å². The van der Waals surface area contributed by atoms with Crippen LogP contribution in [-0.4, -0.2) is 0 Å². The van der Waals surface area contributed by atoms with Crippen LogP contribution in [0.25, 0.3) is 0 Å². The Kier molecular flexibility index (Phi) is 2.91. The first-order valence-electron chi connectivity index (χ1n) is 6.82. The van der Waals surface area contributed by atoms with Gasteiger partial charge in [0.05, 0.1) is 0 Å². The fraction of sp³-hybridized carbons (Fsp3) is 0.263. The molecule has 0 spiro atoms. The Labute approximate surface area is 115 Å². The predicted molar refractivity (Wildman–Crippen MR) is 80.0 cm³/mol. The number of hydrogen-bond acceptors (Lipinski definition) is 0. The first-order chi connectivity index (χ1) is 9.18. The highest BCUT2D eigenvalue weighted by molar-refractivity contribution is 5.42. The van der Waals surface area contributed by atoms with Gasteiger partial charge in [-0.2, -0.15) is 0 Å². The van der Waals surface area contributed by atoms with Crippen molar-refractivity contribution in [1.82, 2.24) is 0 Å². The SMILES string of the molecule is Cc1ccc(C#C[C@@H]2C[C@@]2(C)c2ccccc2)cc1. The van der Waals surface area contributed by atoms with Crippen molar-refractivity contribution in [2.75, 3.05) is 0 Å². The predicted octanol–water partition coefficient (Wildman–Crippen LogP) is 4.32. The molecule has 1 fully saturated rings. The van der Waals surface area contributed by atoms with E-state index in [1.165, 1.54) is 17.5 Å². The van der Waals surface area contributed by atoms with Gasteiger partial charge in [-0.15, -0.1) is 0 Å². The molecule has 0 unspecified atom stereocenters.